The third-order valence-corrected chi connectivity index (χ3v) is 4.47. The predicted molar refractivity (Wildman–Crippen MR) is 88.9 cm³/mol. The predicted octanol–water partition coefficient (Wildman–Crippen LogP) is 1.70. The maximum atomic E-state index is 5.52. The van der Waals surface area contributed by atoms with Gasteiger partial charge in [-0.15, -0.1) is 0 Å². The lowest BCUT2D eigenvalue weighted by Crippen LogP contribution is -2.42. The van der Waals surface area contributed by atoms with Crippen molar-refractivity contribution in [1.29, 1.82) is 0 Å². The number of fused-ring (bicyclic) bond motifs is 1. The lowest BCUT2D eigenvalue weighted by molar-refractivity contribution is 0.366. The fraction of sp³-hybridized carbons (Fsp3) is 0.412. The van der Waals surface area contributed by atoms with E-state index < -0.39 is 0 Å². The first-order chi connectivity index (χ1) is 11.4. The molecule has 120 valence electrons. The molecule has 0 bridgehead atoms. The smallest absolute Gasteiger partial charge is 0.163 e. The van der Waals surface area contributed by atoms with Gasteiger partial charge in [0.25, 0.3) is 0 Å². The van der Waals surface area contributed by atoms with Crippen LogP contribution in [0.25, 0.3) is 11.3 Å². The third-order valence-electron chi connectivity index (χ3n) is 4.47. The molecule has 1 aromatic carbocycles. The van der Waals surface area contributed by atoms with Crippen molar-refractivity contribution in [1.82, 2.24) is 21.3 Å². The van der Waals surface area contributed by atoms with Gasteiger partial charge in [0.1, 0.15) is 11.5 Å². The van der Waals surface area contributed by atoms with E-state index in [4.69, 9.17) is 9.52 Å². The summed E-state index contributed by atoms with van der Waals surface area (Å²) < 4.78 is 5.52. The Morgan fingerprint density at radius 1 is 1.17 bits per heavy atom. The Labute approximate surface area is 135 Å². The van der Waals surface area contributed by atoms with Gasteiger partial charge in [-0.1, -0.05) is 35.5 Å². The number of amidine groups is 1. The molecule has 0 amide bonds. The molecule has 0 aliphatic carbocycles. The van der Waals surface area contributed by atoms with Crippen molar-refractivity contribution in [3.63, 3.8) is 0 Å². The van der Waals surface area contributed by atoms with E-state index in [9.17, 15) is 0 Å². The first-order valence-electron chi connectivity index (χ1n) is 8.20. The van der Waals surface area contributed by atoms with E-state index in [0.717, 1.165) is 48.1 Å². The maximum Gasteiger partial charge on any atom is 0.163 e. The fourth-order valence-corrected chi connectivity index (χ4v) is 3.16. The highest BCUT2D eigenvalue weighted by molar-refractivity contribution is 6.04. The summed E-state index contributed by atoms with van der Waals surface area (Å²) in [6.45, 7) is 3.63. The highest BCUT2D eigenvalue weighted by atomic mass is 16.5. The summed E-state index contributed by atoms with van der Waals surface area (Å²) in [7, 11) is 0. The van der Waals surface area contributed by atoms with Gasteiger partial charge < -0.3 is 15.3 Å². The van der Waals surface area contributed by atoms with Crippen LogP contribution in [0.4, 0.5) is 0 Å². The third kappa shape index (κ3) is 3.00. The number of hydrazine groups is 1. The zero-order valence-electron chi connectivity index (χ0n) is 13.0. The summed E-state index contributed by atoms with van der Waals surface area (Å²) in [5.74, 6) is 2.33. The lowest BCUT2D eigenvalue weighted by Gasteiger charge is -2.22. The Hall–Kier alpha value is -2.18. The Morgan fingerprint density at radius 2 is 2.00 bits per heavy atom. The highest BCUT2D eigenvalue weighted by Crippen LogP contribution is 2.27. The van der Waals surface area contributed by atoms with Crippen LogP contribution in [0.15, 0.2) is 39.8 Å². The fourth-order valence-electron chi connectivity index (χ4n) is 3.16. The van der Waals surface area contributed by atoms with Gasteiger partial charge in [-0.3, -0.25) is 4.99 Å². The summed E-state index contributed by atoms with van der Waals surface area (Å²) in [6, 6.07) is 10.1. The van der Waals surface area contributed by atoms with Crippen LogP contribution in [0, 0.1) is 5.92 Å². The molecule has 0 unspecified atom stereocenters. The summed E-state index contributed by atoms with van der Waals surface area (Å²) in [4.78, 5) is 4.82. The first-order valence-corrected chi connectivity index (χ1v) is 8.20. The number of hydrogen-bond donors (Lipinski definition) is 3. The van der Waals surface area contributed by atoms with E-state index in [2.05, 4.69) is 21.3 Å². The molecule has 1 saturated heterocycles. The molecule has 0 spiro atoms. The van der Waals surface area contributed by atoms with Gasteiger partial charge in [0, 0.05) is 12.1 Å². The molecule has 0 radical (unpaired) electrons. The van der Waals surface area contributed by atoms with Crippen molar-refractivity contribution in [2.45, 2.75) is 19.4 Å². The van der Waals surface area contributed by atoms with Gasteiger partial charge in [-0.2, -0.15) is 0 Å². The molecule has 6 heteroatoms. The van der Waals surface area contributed by atoms with Crippen LogP contribution < -0.4 is 16.2 Å². The minimum Gasteiger partial charge on any atom is -0.359 e. The van der Waals surface area contributed by atoms with Gasteiger partial charge in [-0.25, -0.2) is 5.43 Å². The SMILES string of the molecule is c1ccc(-c2noc3c2C(=NCC2CCNCC2)NNC3)cc1. The summed E-state index contributed by atoms with van der Waals surface area (Å²) in [5.41, 5.74) is 9.21. The summed E-state index contributed by atoms with van der Waals surface area (Å²) >= 11 is 0. The van der Waals surface area contributed by atoms with E-state index in [1.807, 2.05) is 30.3 Å². The van der Waals surface area contributed by atoms with Crippen LogP contribution in [-0.2, 0) is 6.54 Å². The average molecular weight is 311 g/mol. The lowest BCUT2D eigenvalue weighted by atomic mass is 9.98. The number of benzene rings is 1. The molecule has 2 aliphatic heterocycles. The van der Waals surface area contributed by atoms with Crippen LogP contribution in [0.3, 0.4) is 0 Å². The standard InChI is InChI=1S/C17H21N5O/c1-2-4-13(5-3-1)16-15-14(23-22-16)11-20-21-17(15)19-10-12-6-8-18-9-7-12/h1-5,12,18,20H,6-11H2,(H,19,21). The molecule has 1 fully saturated rings. The van der Waals surface area contributed by atoms with Gasteiger partial charge in [-0.05, 0) is 31.8 Å². The molecule has 3 N–H and O–H groups in total. The normalized spacial score (nSPS) is 20.3. The van der Waals surface area contributed by atoms with E-state index in [-0.39, 0.29) is 0 Å². The van der Waals surface area contributed by atoms with Crippen molar-refractivity contribution >= 4 is 5.84 Å². The maximum absolute atomic E-state index is 5.52. The zero-order valence-corrected chi connectivity index (χ0v) is 13.0. The van der Waals surface area contributed by atoms with Crippen LogP contribution in [0.1, 0.15) is 24.2 Å². The molecule has 6 nitrogen and oxygen atoms in total. The topological polar surface area (TPSA) is 74.5 Å². The largest absolute Gasteiger partial charge is 0.359 e. The Morgan fingerprint density at radius 3 is 2.83 bits per heavy atom. The van der Waals surface area contributed by atoms with Gasteiger partial charge >= 0.3 is 0 Å². The molecule has 23 heavy (non-hydrogen) atoms. The number of nitrogens with one attached hydrogen (secondary N) is 3. The highest BCUT2D eigenvalue weighted by Gasteiger charge is 2.25. The van der Waals surface area contributed by atoms with Gasteiger partial charge in [0.05, 0.1) is 12.1 Å². The zero-order chi connectivity index (χ0) is 15.5. The monoisotopic (exact) mass is 311 g/mol. The molecule has 1 aromatic heterocycles. The number of aromatic nitrogens is 1. The Balaban J connectivity index is 1.63. The summed E-state index contributed by atoms with van der Waals surface area (Å²) in [6.07, 6.45) is 2.37. The van der Waals surface area contributed by atoms with Gasteiger partial charge in [0.15, 0.2) is 5.76 Å². The van der Waals surface area contributed by atoms with Gasteiger partial charge in [0.2, 0.25) is 0 Å². The van der Waals surface area contributed by atoms with E-state index in [1.54, 1.807) is 0 Å². The molecule has 0 atom stereocenters. The van der Waals surface area contributed by atoms with Crippen LogP contribution in [-0.4, -0.2) is 30.6 Å². The van der Waals surface area contributed by atoms with E-state index >= 15 is 0 Å². The second-order valence-corrected chi connectivity index (χ2v) is 6.06. The number of nitrogens with zero attached hydrogens (tertiary/aromatic N) is 2. The Bertz CT molecular complexity index is 688. The second kappa shape index (κ2) is 6.52. The van der Waals surface area contributed by atoms with Crippen LogP contribution in [0.5, 0.6) is 0 Å². The summed E-state index contributed by atoms with van der Waals surface area (Å²) in [5, 5.41) is 7.66. The second-order valence-electron chi connectivity index (χ2n) is 6.06. The molecular formula is C17H21N5O. The van der Waals surface area contributed by atoms with E-state index in [0.29, 0.717) is 12.5 Å². The van der Waals surface area contributed by atoms with Crippen molar-refractivity contribution in [2.24, 2.45) is 10.9 Å². The minimum atomic E-state index is 0.613. The average Bonchev–Trinajstić information content (AvgIpc) is 3.06. The number of hydrogen-bond acceptors (Lipinski definition) is 5. The molecule has 0 saturated carbocycles. The molecular weight excluding hydrogens is 290 g/mol. The Kier molecular flexibility index (Phi) is 4.08. The molecule has 2 aliphatic rings. The molecule has 3 heterocycles. The van der Waals surface area contributed by atoms with Crippen molar-refractivity contribution in [2.75, 3.05) is 19.6 Å². The van der Waals surface area contributed by atoms with Crippen LogP contribution in [0.2, 0.25) is 0 Å². The molecule has 2 aromatic rings. The number of aliphatic imine (C=N–C) groups is 1. The minimum absolute atomic E-state index is 0.613. The van der Waals surface area contributed by atoms with E-state index in [1.165, 1.54) is 12.8 Å². The number of piperidine rings is 1. The first kappa shape index (κ1) is 14.4. The van der Waals surface area contributed by atoms with Crippen molar-refractivity contribution in [3.05, 3.63) is 41.7 Å². The number of rotatable bonds is 3. The van der Waals surface area contributed by atoms with Crippen LogP contribution >= 0.6 is 0 Å². The van der Waals surface area contributed by atoms with Crippen molar-refractivity contribution in [3.8, 4) is 11.3 Å². The quantitative estimate of drug-likeness (QED) is 0.804. The molecule has 4 rings (SSSR count). The van der Waals surface area contributed by atoms with Crippen molar-refractivity contribution < 1.29 is 4.52 Å².